The highest BCUT2D eigenvalue weighted by atomic mass is 32.2. The highest BCUT2D eigenvalue weighted by molar-refractivity contribution is 7.89. The standard InChI is InChI=1S/C17H19NO4S/c19-14-5-4-12-18(13-14)23(20,21)17-10-8-16(9-11-17)22-15-6-2-1-3-7-15/h1-3,6-11,14,19H,4-5,12-13H2. The third-order valence-corrected chi connectivity index (χ3v) is 5.68. The van der Waals surface area contributed by atoms with Crippen LogP contribution in [0.2, 0.25) is 0 Å². The lowest BCUT2D eigenvalue weighted by atomic mass is 10.1. The second kappa shape index (κ2) is 6.70. The van der Waals surface area contributed by atoms with Crippen molar-refractivity contribution in [1.29, 1.82) is 0 Å². The van der Waals surface area contributed by atoms with Crippen molar-refractivity contribution in [3.63, 3.8) is 0 Å². The molecule has 1 saturated heterocycles. The lowest BCUT2D eigenvalue weighted by Gasteiger charge is -2.29. The van der Waals surface area contributed by atoms with Crippen molar-refractivity contribution in [2.75, 3.05) is 13.1 Å². The molecule has 23 heavy (non-hydrogen) atoms. The van der Waals surface area contributed by atoms with Crippen molar-refractivity contribution in [2.45, 2.75) is 23.8 Å². The Kier molecular flexibility index (Phi) is 4.66. The maximum Gasteiger partial charge on any atom is 0.243 e. The molecular weight excluding hydrogens is 314 g/mol. The van der Waals surface area contributed by atoms with Crippen molar-refractivity contribution in [3.8, 4) is 11.5 Å². The molecule has 1 heterocycles. The number of piperidine rings is 1. The zero-order chi connectivity index (χ0) is 16.3. The summed E-state index contributed by atoms with van der Waals surface area (Å²) < 4.78 is 32.2. The zero-order valence-corrected chi connectivity index (χ0v) is 13.4. The molecule has 0 bridgehead atoms. The molecule has 1 fully saturated rings. The van der Waals surface area contributed by atoms with Gasteiger partial charge in [-0.15, -0.1) is 0 Å². The van der Waals surface area contributed by atoms with E-state index in [2.05, 4.69) is 0 Å². The Balaban J connectivity index is 1.76. The van der Waals surface area contributed by atoms with Crippen molar-refractivity contribution in [2.24, 2.45) is 0 Å². The summed E-state index contributed by atoms with van der Waals surface area (Å²) in [4.78, 5) is 0.215. The summed E-state index contributed by atoms with van der Waals surface area (Å²) in [5.41, 5.74) is 0. The Morgan fingerprint density at radius 1 is 1.00 bits per heavy atom. The second-order valence-corrected chi connectivity index (χ2v) is 7.48. The van der Waals surface area contributed by atoms with E-state index in [0.29, 0.717) is 30.9 Å². The summed E-state index contributed by atoms with van der Waals surface area (Å²) in [6.07, 6.45) is 0.741. The number of aliphatic hydroxyl groups excluding tert-OH is 1. The van der Waals surface area contributed by atoms with Crippen LogP contribution >= 0.6 is 0 Å². The van der Waals surface area contributed by atoms with Crippen molar-refractivity contribution >= 4 is 10.0 Å². The minimum absolute atomic E-state index is 0.157. The molecule has 0 aliphatic carbocycles. The van der Waals surface area contributed by atoms with Gasteiger partial charge in [0.1, 0.15) is 11.5 Å². The molecule has 0 aromatic heterocycles. The maximum absolute atomic E-state index is 12.6. The van der Waals surface area contributed by atoms with Crippen LogP contribution in [0.25, 0.3) is 0 Å². The average molecular weight is 333 g/mol. The quantitative estimate of drug-likeness (QED) is 0.934. The molecule has 1 N–H and O–H groups in total. The lowest BCUT2D eigenvalue weighted by Crippen LogP contribution is -2.42. The molecule has 2 aromatic carbocycles. The van der Waals surface area contributed by atoms with E-state index in [1.807, 2.05) is 30.3 Å². The number of aliphatic hydroxyl groups is 1. The Morgan fingerprint density at radius 3 is 2.30 bits per heavy atom. The molecule has 1 aliphatic heterocycles. The van der Waals surface area contributed by atoms with Crippen LogP contribution < -0.4 is 4.74 Å². The summed E-state index contributed by atoms with van der Waals surface area (Å²) in [5.74, 6) is 1.27. The van der Waals surface area contributed by atoms with Gasteiger partial charge in [0.2, 0.25) is 10.0 Å². The van der Waals surface area contributed by atoms with Gasteiger partial charge in [-0.05, 0) is 49.2 Å². The van der Waals surface area contributed by atoms with Crippen LogP contribution in [-0.2, 0) is 10.0 Å². The average Bonchev–Trinajstić information content (AvgIpc) is 2.56. The van der Waals surface area contributed by atoms with Gasteiger partial charge < -0.3 is 9.84 Å². The van der Waals surface area contributed by atoms with E-state index in [-0.39, 0.29) is 11.4 Å². The van der Waals surface area contributed by atoms with Gasteiger partial charge in [-0.25, -0.2) is 8.42 Å². The first-order valence-corrected chi connectivity index (χ1v) is 9.01. The van der Waals surface area contributed by atoms with Gasteiger partial charge in [-0.2, -0.15) is 4.31 Å². The zero-order valence-electron chi connectivity index (χ0n) is 12.6. The van der Waals surface area contributed by atoms with E-state index in [1.54, 1.807) is 12.1 Å². The van der Waals surface area contributed by atoms with E-state index in [9.17, 15) is 13.5 Å². The third kappa shape index (κ3) is 3.72. The van der Waals surface area contributed by atoms with E-state index in [0.717, 1.165) is 0 Å². The first kappa shape index (κ1) is 16.0. The fourth-order valence-corrected chi connectivity index (χ4v) is 4.11. The first-order chi connectivity index (χ1) is 11.1. The molecule has 5 nitrogen and oxygen atoms in total. The van der Waals surface area contributed by atoms with E-state index < -0.39 is 16.1 Å². The Labute approximate surface area is 136 Å². The monoisotopic (exact) mass is 333 g/mol. The number of rotatable bonds is 4. The molecule has 1 atom stereocenters. The van der Waals surface area contributed by atoms with Gasteiger partial charge in [0.05, 0.1) is 11.0 Å². The molecule has 122 valence electrons. The number of ether oxygens (including phenoxy) is 1. The van der Waals surface area contributed by atoms with Gasteiger partial charge in [0, 0.05) is 13.1 Å². The maximum atomic E-state index is 12.6. The fraction of sp³-hybridized carbons (Fsp3) is 0.294. The van der Waals surface area contributed by atoms with Crippen LogP contribution in [0.4, 0.5) is 0 Å². The highest BCUT2D eigenvalue weighted by Gasteiger charge is 2.29. The lowest BCUT2D eigenvalue weighted by molar-refractivity contribution is 0.108. The van der Waals surface area contributed by atoms with Crippen LogP contribution in [0.3, 0.4) is 0 Å². The predicted molar refractivity (Wildman–Crippen MR) is 87.0 cm³/mol. The summed E-state index contributed by atoms with van der Waals surface area (Å²) in [6, 6.07) is 15.7. The molecule has 6 heteroatoms. The summed E-state index contributed by atoms with van der Waals surface area (Å²) in [7, 11) is -3.57. The summed E-state index contributed by atoms with van der Waals surface area (Å²) in [6.45, 7) is 0.603. The van der Waals surface area contributed by atoms with Crippen molar-refractivity contribution < 1.29 is 18.3 Å². The van der Waals surface area contributed by atoms with E-state index in [1.165, 1.54) is 16.4 Å². The number of sulfonamides is 1. The summed E-state index contributed by atoms with van der Waals surface area (Å²) in [5, 5.41) is 9.67. The number of benzene rings is 2. The van der Waals surface area contributed by atoms with Crippen molar-refractivity contribution in [1.82, 2.24) is 4.31 Å². The molecule has 2 aromatic rings. The van der Waals surface area contributed by atoms with Gasteiger partial charge >= 0.3 is 0 Å². The van der Waals surface area contributed by atoms with Crippen LogP contribution in [0.1, 0.15) is 12.8 Å². The molecule has 0 saturated carbocycles. The van der Waals surface area contributed by atoms with Crippen LogP contribution in [-0.4, -0.2) is 37.0 Å². The minimum atomic E-state index is -3.57. The first-order valence-electron chi connectivity index (χ1n) is 7.57. The molecular formula is C17H19NO4S. The third-order valence-electron chi connectivity index (χ3n) is 3.80. The van der Waals surface area contributed by atoms with Crippen molar-refractivity contribution in [3.05, 3.63) is 54.6 Å². The van der Waals surface area contributed by atoms with Gasteiger partial charge in [-0.1, -0.05) is 18.2 Å². The number of β-amino-alcohol motifs (C(OH)–C–C–N with tert-alkyl or cyclic N) is 1. The number of nitrogens with zero attached hydrogens (tertiary/aromatic N) is 1. The summed E-state index contributed by atoms with van der Waals surface area (Å²) >= 11 is 0. The number of hydrogen-bond acceptors (Lipinski definition) is 4. The van der Waals surface area contributed by atoms with E-state index in [4.69, 9.17) is 4.74 Å². The molecule has 1 unspecified atom stereocenters. The predicted octanol–water partition coefficient (Wildman–Crippen LogP) is 2.62. The molecule has 3 rings (SSSR count). The van der Waals surface area contributed by atoms with Crippen LogP contribution in [0, 0.1) is 0 Å². The molecule has 0 radical (unpaired) electrons. The van der Waals surface area contributed by atoms with E-state index >= 15 is 0 Å². The minimum Gasteiger partial charge on any atom is -0.457 e. The Bertz CT molecular complexity index is 744. The largest absolute Gasteiger partial charge is 0.457 e. The molecule has 0 spiro atoms. The Morgan fingerprint density at radius 2 is 1.65 bits per heavy atom. The number of hydrogen-bond donors (Lipinski definition) is 1. The topological polar surface area (TPSA) is 66.8 Å². The number of para-hydroxylation sites is 1. The molecule has 0 amide bonds. The van der Waals surface area contributed by atoms with Crippen LogP contribution in [0.5, 0.6) is 11.5 Å². The molecule has 1 aliphatic rings. The van der Waals surface area contributed by atoms with Crippen LogP contribution in [0.15, 0.2) is 59.5 Å². The fourth-order valence-electron chi connectivity index (χ4n) is 2.59. The normalized spacial score (nSPS) is 19.4. The second-order valence-electron chi connectivity index (χ2n) is 5.55. The SMILES string of the molecule is O=S(=O)(c1ccc(Oc2ccccc2)cc1)N1CCCC(O)C1. The van der Waals surface area contributed by atoms with Gasteiger partial charge in [0.25, 0.3) is 0 Å². The Hall–Kier alpha value is -1.89. The van der Waals surface area contributed by atoms with Gasteiger partial charge in [-0.3, -0.25) is 0 Å². The smallest absolute Gasteiger partial charge is 0.243 e. The van der Waals surface area contributed by atoms with Gasteiger partial charge in [0.15, 0.2) is 0 Å². The highest BCUT2D eigenvalue weighted by Crippen LogP contribution is 2.25.